The summed E-state index contributed by atoms with van der Waals surface area (Å²) < 4.78 is 0. The SMILES string of the molecule is CC(O)C1C(=O)N2C(C(=O)O)=C(SC3CNC(C(=O)N4CCC(O)C4)C3)C[C@H]12. The van der Waals surface area contributed by atoms with Gasteiger partial charge in [-0.1, -0.05) is 0 Å². The number of likely N-dealkylation sites (tertiary alicyclic amines) is 1. The lowest BCUT2D eigenvalue weighted by molar-refractivity contribution is -0.161. The zero-order valence-corrected chi connectivity index (χ0v) is 16.4. The lowest BCUT2D eigenvalue weighted by Crippen LogP contribution is -2.61. The predicted molar refractivity (Wildman–Crippen MR) is 100 cm³/mol. The van der Waals surface area contributed by atoms with Gasteiger partial charge in [-0.15, -0.1) is 11.8 Å². The summed E-state index contributed by atoms with van der Waals surface area (Å²) in [6.45, 7) is 3.05. The van der Waals surface area contributed by atoms with Gasteiger partial charge in [-0.2, -0.15) is 0 Å². The molecule has 9 nitrogen and oxygen atoms in total. The van der Waals surface area contributed by atoms with Crippen LogP contribution in [0.3, 0.4) is 0 Å². The fourth-order valence-corrected chi connectivity index (χ4v) is 6.12. The minimum atomic E-state index is -1.13. The highest BCUT2D eigenvalue weighted by molar-refractivity contribution is 8.03. The number of carboxylic acids is 1. The first-order valence-electron chi connectivity index (χ1n) is 9.62. The van der Waals surface area contributed by atoms with Gasteiger partial charge in [0, 0.05) is 36.2 Å². The Morgan fingerprint density at radius 3 is 2.71 bits per heavy atom. The molecule has 0 aromatic carbocycles. The molecular formula is C18H25N3O6S. The molecule has 4 aliphatic heterocycles. The number of nitrogens with zero attached hydrogens (tertiary/aromatic N) is 2. The number of β-amino-alcohol motifs (C(OH)–C–C–N with tert-alkyl or cyclic N) is 1. The number of aliphatic hydroxyl groups excluding tert-OH is 2. The second-order valence-corrected chi connectivity index (χ2v) is 9.38. The first-order valence-corrected chi connectivity index (χ1v) is 10.5. The third-order valence-electron chi connectivity index (χ3n) is 6.06. The summed E-state index contributed by atoms with van der Waals surface area (Å²) in [6.07, 6.45) is 0.341. The number of hydrogen-bond acceptors (Lipinski definition) is 7. The Morgan fingerprint density at radius 1 is 1.36 bits per heavy atom. The number of aliphatic carboxylic acids is 1. The van der Waals surface area contributed by atoms with Gasteiger partial charge in [0.2, 0.25) is 11.8 Å². The van der Waals surface area contributed by atoms with Gasteiger partial charge in [0.25, 0.3) is 0 Å². The van der Waals surface area contributed by atoms with E-state index in [0.717, 1.165) is 0 Å². The van der Waals surface area contributed by atoms with Crippen molar-refractivity contribution >= 4 is 29.5 Å². The third kappa shape index (κ3) is 3.22. The minimum Gasteiger partial charge on any atom is -0.477 e. The zero-order valence-electron chi connectivity index (χ0n) is 15.6. The van der Waals surface area contributed by atoms with E-state index in [1.165, 1.54) is 16.7 Å². The van der Waals surface area contributed by atoms with Crippen molar-refractivity contribution in [3.63, 3.8) is 0 Å². The standard InChI is InChI=1S/C18H25N3O6S/c1-8(22)14-12-5-13(15(18(26)27)21(12)17(14)25)28-10-4-11(19-6-10)16(24)20-3-2-9(23)7-20/h8-12,14,19,22-23H,2-7H2,1H3,(H,26,27)/t8?,9?,10?,11?,12-,14?/m1/s1. The van der Waals surface area contributed by atoms with Crippen LogP contribution in [0.5, 0.6) is 0 Å². The van der Waals surface area contributed by atoms with E-state index in [1.807, 2.05) is 0 Å². The first-order chi connectivity index (χ1) is 13.3. The molecule has 0 bridgehead atoms. The van der Waals surface area contributed by atoms with Crippen LogP contribution < -0.4 is 5.32 Å². The van der Waals surface area contributed by atoms with Crippen molar-refractivity contribution < 1.29 is 29.7 Å². The molecule has 2 amide bonds. The molecule has 0 aliphatic carbocycles. The molecule has 6 atom stereocenters. The molecule has 0 radical (unpaired) electrons. The van der Waals surface area contributed by atoms with Crippen LogP contribution in [-0.2, 0) is 14.4 Å². The normalized spacial score (nSPS) is 36.0. The van der Waals surface area contributed by atoms with Crippen LogP contribution in [0.25, 0.3) is 0 Å². The van der Waals surface area contributed by atoms with Crippen molar-refractivity contribution in [1.29, 1.82) is 0 Å². The summed E-state index contributed by atoms with van der Waals surface area (Å²) in [7, 11) is 0. The number of rotatable bonds is 5. The maximum atomic E-state index is 12.6. The molecule has 0 spiro atoms. The van der Waals surface area contributed by atoms with E-state index in [4.69, 9.17) is 0 Å². The lowest BCUT2D eigenvalue weighted by atomic mass is 9.83. The second kappa shape index (κ2) is 7.33. The fourth-order valence-electron chi connectivity index (χ4n) is 4.68. The lowest BCUT2D eigenvalue weighted by Gasteiger charge is -2.44. The van der Waals surface area contributed by atoms with Crippen LogP contribution in [0, 0.1) is 5.92 Å². The van der Waals surface area contributed by atoms with Crippen molar-refractivity contribution in [2.75, 3.05) is 19.6 Å². The van der Waals surface area contributed by atoms with E-state index in [9.17, 15) is 29.7 Å². The average Bonchev–Trinajstić information content (AvgIpc) is 3.32. The molecule has 4 heterocycles. The van der Waals surface area contributed by atoms with Crippen LogP contribution in [0.15, 0.2) is 10.6 Å². The van der Waals surface area contributed by atoms with Crippen LogP contribution in [0.2, 0.25) is 0 Å². The Labute approximate surface area is 166 Å². The molecule has 0 aromatic heterocycles. The smallest absolute Gasteiger partial charge is 0.353 e. The Morgan fingerprint density at radius 2 is 2.11 bits per heavy atom. The van der Waals surface area contributed by atoms with Gasteiger partial charge in [0.1, 0.15) is 5.70 Å². The van der Waals surface area contributed by atoms with Gasteiger partial charge in [-0.05, 0) is 19.8 Å². The molecule has 5 unspecified atom stereocenters. The molecule has 10 heteroatoms. The molecular weight excluding hydrogens is 386 g/mol. The number of fused-ring (bicyclic) bond motifs is 1. The number of β-lactam (4-membered cyclic amide) rings is 1. The number of carboxylic acid groups (broad SMARTS) is 1. The first kappa shape index (κ1) is 19.7. The Hall–Kier alpha value is -1.62. The topological polar surface area (TPSA) is 130 Å². The Bertz CT molecular complexity index is 741. The van der Waals surface area contributed by atoms with Gasteiger partial charge >= 0.3 is 5.97 Å². The van der Waals surface area contributed by atoms with Gasteiger partial charge in [-0.25, -0.2) is 4.79 Å². The molecule has 154 valence electrons. The Balaban J connectivity index is 1.41. The molecule has 4 aliphatic rings. The molecule has 3 saturated heterocycles. The van der Waals surface area contributed by atoms with Gasteiger partial charge in [0.15, 0.2) is 0 Å². The highest BCUT2D eigenvalue weighted by Crippen LogP contribution is 2.48. The van der Waals surface area contributed by atoms with E-state index in [2.05, 4.69) is 5.32 Å². The zero-order chi connectivity index (χ0) is 20.2. The predicted octanol–water partition coefficient (Wildman–Crippen LogP) is -1.05. The van der Waals surface area contributed by atoms with Crippen LogP contribution >= 0.6 is 11.8 Å². The number of thioether (sulfide) groups is 1. The van der Waals surface area contributed by atoms with E-state index in [1.54, 1.807) is 11.8 Å². The van der Waals surface area contributed by atoms with Crippen LogP contribution in [0.1, 0.15) is 26.2 Å². The summed E-state index contributed by atoms with van der Waals surface area (Å²) in [5.74, 6) is -2.04. The van der Waals surface area contributed by atoms with Crippen molar-refractivity contribution in [2.45, 2.75) is 55.7 Å². The van der Waals surface area contributed by atoms with Crippen LogP contribution in [0.4, 0.5) is 0 Å². The number of aliphatic hydroxyl groups is 2. The third-order valence-corrected chi connectivity index (χ3v) is 7.40. The van der Waals surface area contributed by atoms with Crippen molar-refractivity contribution in [3.05, 3.63) is 10.6 Å². The highest BCUT2D eigenvalue weighted by atomic mass is 32.2. The Kier molecular flexibility index (Phi) is 5.15. The largest absolute Gasteiger partial charge is 0.477 e. The van der Waals surface area contributed by atoms with Gasteiger partial charge in [-0.3, -0.25) is 9.59 Å². The summed E-state index contributed by atoms with van der Waals surface area (Å²) >= 11 is 1.42. The highest BCUT2D eigenvalue weighted by Gasteiger charge is 2.57. The number of hydrogen-bond donors (Lipinski definition) is 4. The summed E-state index contributed by atoms with van der Waals surface area (Å²) in [5, 5.41) is 32.3. The van der Waals surface area contributed by atoms with E-state index < -0.39 is 24.1 Å². The van der Waals surface area contributed by atoms with Gasteiger partial charge < -0.3 is 30.4 Å². The molecule has 28 heavy (non-hydrogen) atoms. The van der Waals surface area contributed by atoms with E-state index in [-0.39, 0.29) is 34.8 Å². The fraction of sp³-hybridized carbons (Fsp3) is 0.722. The quantitative estimate of drug-likeness (QED) is 0.422. The number of nitrogens with one attached hydrogen (secondary N) is 1. The van der Waals surface area contributed by atoms with Crippen molar-refractivity contribution in [2.24, 2.45) is 5.92 Å². The maximum absolute atomic E-state index is 12.6. The van der Waals surface area contributed by atoms with E-state index >= 15 is 0 Å². The van der Waals surface area contributed by atoms with E-state index in [0.29, 0.717) is 43.8 Å². The maximum Gasteiger partial charge on any atom is 0.353 e. The molecule has 0 aromatic rings. The number of amides is 2. The molecule has 4 rings (SSSR count). The van der Waals surface area contributed by atoms with Gasteiger partial charge in [0.05, 0.1) is 30.2 Å². The monoisotopic (exact) mass is 411 g/mol. The minimum absolute atomic E-state index is 0.0216. The molecule has 0 saturated carbocycles. The summed E-state index contributed by atoms with van der Waals surface area (Å²) in [6, 6.07) is -0.624. The number of carbonyl (C=O) groups is 3. The van der Waals surface area contributed by atoms with Crippen LogP contribution in [-0.4, -0.2) is 92.1 Å². The summed E-state index contributed by atoms with van der Waals surface area (Å²) in [4.78, 5) is 40.2. The summed E-state index contributed by atoms with van der Waals surface area (Å²) in [5.41, 5.74) is 0.0225. The molecule has 3 fully saturated rings. The van der Waals surface area contributed by atoms with Crippen molar-refractivity contribution in [1.82, 2.24) is 15.1 Å². The molecule has 4 N–H and O–H groups in total. The average molecular weight is 411 g/mol. The second-order valence-electron chi connectivity index (χ2n) is 7.99. The van der Waals surface area contributed by atoms with Crippen molar-refractivity contribution in [3.8, 4) is 0 Å². The number of carbonyl (C=O) groups excluding carboxylic acids is 2.